The van der Waals surface area contributed by atoms with Crippen LogP contribution in [-0.4, -0.2) is 25.1 Å². The zero-order valence-electron chi connectivity index (χ0n) is 13.4. The lowest BCUT2D eigenvalue weighted by atomic mass is 10.1. The van der Waals surface area contributed by atoms with Crippen molar-refractivity contribution < 1.29 is 9.53 Å². The van der Waals surface area contributed by atoms with Gasteiger partial charge in [-0.1, -0.05) is 48.0 Å². The molecule has 0 aromatic heterocycles. The summed E-state index contributed by atoms with van der Waals surface area (Å²) in [6.45, 7) is 1.54. The number of carbonyl (C=O) groups excluding carboxylic acids is 1. The molecule has 23 heavy (non-hydrogen) atoms. The van der Waals surface area contributed by atoms with Gasteiger partial charge in [-0.25, -0.2) is 4.79 Å². The monoisotopic (exact) mass is 332 g/mol. The lowest BCUT2D eigenvalue weighted by molar-refractivity contribution is 0.183. The maximum absolute atomic E-state index is 12.2. The number of ether oxygens (including phenoxy) is 1. The summed E-state index contributed by atoms with van der Waals surface area (Å²) in [4.78, 5) is 13.9. The lowest BCUT2D eigenvalue weighted by Gasteiger charge is -2.19. The summed E-state index contributed by atoms with van der Waals surface area (Å²) in [6.07, 6.45) is 0. The molecule has 2 rings (SSSR count). The van der Waals surface area contributed by atoms with Crippen molar-refractivity contribution in [2.24, 2.45) is 0 Å². The lowest BCUT2D eigenvalue weighted by Crippen LogP contribution is -2.36. The normalized spacial score (nSPS) is 10.4. The van der Waals surface area contributed by atoms with Crippen LogP contribution in [0.3, 0.4) is 0 Å². The molecule has 0 radical (unpaired) electrons. The number of hydrogen-bond donors (Lipinski definition) is 1. The fourth-order valence-corrected chi connectivity index (χ4v) is 2.39. The molecule has 4 nitrogen and oxygen atoms in total. The quantitative estimate of drug-likeness (QED) is 0.873. The van der Waals surface area contributed by atoms with Crippen LogP contribution in [0.2, 0.25) is 5.02 Å². The summed E-state index contributed by atoms with van der Waals surface area (Å²) in [5, 5.41) is 3.62. The highest BCUT2D eigenvalue weighted by Gasteiger charge is 2.10. The first-order chi connectivity index (χ1) is 11.1. The number of rotatable bonds is 6. The molecule has 0 spiro atoms. The molecule has 0 unspecified atom stereocenters. The predicted molar refractivity (Wildman–Crippen MR) is 92.3 cm³/mol. The molecule has 0 aliphatic carbocycles. The van der Waals surface area contributed by atoms with Crippen LogP contribution in [0.5, 0.6) is 0 Å². The second-order valence-electron chi connectivity index (χ2n) is 5.34. The summed E-state index contributed by atoms with van der Waals surface area (Å²) >= 11 is 5.87. The number of carbonyl (C=O) groups is 1. The molecule has 0 fully saturated rings. The van der Waals surface area contributed by atoms with Gasteiger partial charge >= 0.3 is 6.03 Å². The Morgan fingerprint density at radius 2 is 1.78 bits per heavy atom. The minimum Gasteiger partial charge on any atom is -0.380 e. The molecule has 0 saturated carbocycles. The molecule has 0 heterocycles. The van der Waals surface area contributed by atoms with Crippen LogP contribution in [0.4, 0.5) is 4.79 Å². The molecule has 0 aliphatic rings. The minimum atomic E-state index is -0.118. The van der Waals surface area contributed by atoms with Gasteiger partial charge in [0.05, 0.1) is 6.61 Å². The summed E-state index contributed by atoms with van der Waals surface area (Å²) in [5.41, 5.74) is 3.17. The maximum Gasteiger partial charge on any atom is 0.317 e. The van der Waals surface area contributed by atoms with Crippen LogP contribution < -0.4 is 5.32 Å². The molecule has 0 bridgehead atoms. The van der Waals surface area contributed by atoms with Gasteiger partial charge in [-0.15, -0.1) is 0 Å². The molecule has 2 amide bonds. The second kappa shape index (κ2) is 8.56. The first kappa shape index (κ1) is 17.3. The highest BCUT2D eigenvalue weighted by atomic mass is 35.5. The fourth-order valence-electron chi connectivity index (χ4n) is 2.27. The van der Waals surface area contributed by atoms with E-state index in [1.54, 1.807) is 19.1 Å². The third kappa shape index (κ3) is 5.27. The van der Waals surface area contributed by atoms with Gasteiger partial charge in [-0.2, -0.15) is 0 Å². The van der Waals surface area contributed by atoms with Crippen molar-refractivity contribution in [1.82, 2.24) is 10.2 Å². The average molecular weight is 333 g/mol. The molecular formula is C18H21ClN2O2. The Bertz CT molecular complexity index is 644. The number of nitrogens with zero attached hydrogens (tertiary/aromatic N) is 1. The van der Waals surface area contributed by atoms with Crippen molar-refractivity contribution in [3.05, 3.63) is 70.2 Å². The van der Waals surface area contributed by atoms with Crippen molar-refractivity contribution in [2.75, 3.05) is 14.2 Å². The van der Waals surface area contributed by atoms with Crippen molar-refractivity contribution in [1.29, 1.82) is 0 Å². The van der Waals surface area contributed by atoms with E-state index in [1.165, 1.54) is 0 Å². The van der Waals surface area contributed by atoms with Crippen LogP contribution >= 0.6 is 11.6 Å². The van der Waals surface area contributed by atoms with E-state index < -0.39 is 0 Å². The molecule has 0 aliphatic heterocycles. The molecular weight excluding hydrogens is 312 g/mol. The van der Waals surface area contributed by atoms with Crippen LogP contribution in [-0.2, 0) is 24.4 Å². The smallest absolute Gasteiger partial charge is 0.317 e. The van der Waals surface area contributed by atoms with Crippen molar-refractivity contribution in [3.8, 4) is 0 Å². The third-order valence-electron chi connectivity index (χ3n) is 3.53. The summed E-state index contributed by atoms with van der Waals surface area (Å²) in [6, 6.07) is 15.3. The van der Waals surface area contributed by atoms with E-state index in [0.717, 1.165) is 16.7 Å². The SMILES string of the molecule is COCc1ccccc1CNC(=O)N(C)Cc1ccc(Cl)cc1. The van der Waals surface area contributed by atoms with E-state index in [4.69, 9.17) is 16.3 Å². The topological polar surface area (TPSA) is 41.6 Å². The molecule has 122 valence electrons. The minimum absolute atomic E-state index is 0.118. The van der Waals surface area contributed by atoms with Crippen LogP contribution in [0.15, 0.2) is 48.5 Å². The van der Waals surface area contributed by atoms with E-state index >= 15 is 0 Å². The van der Waals surface area contributed by atoms with Gasteiger partial charge in [0, 0.05) is 32.3 Å². The number of nitrogens with one attached hydrogen (secondary N) is 1. The van der Waals surface area contributed by atoms with E-state index in [-0.39, 0.29) is 6.03 Å². The van der Waals surface area contributed by atoms with Gasteiger partial charge in [0.25, 0.3) is 0 Å². The number of halogens is 1. The average Bonchev–Trinajstić information content (AvgIpc) is 2.56. The fraction of sp³-hybridized carbons (Fsp3) is 0.278. The highest BCUT2D eigenvalue weighted by Crippen LogP contribution is 2.12. The van der Waals surface area contributed by atoms with Crippen molar-refractivity contribution >= 4 is 17.6 Å². The summed E-state index contributed by atoms with van der Waals surface area (Å²) in [5.74, 6) is 0. The van der Waals surface area contributed by atoms with Crippen LogP contribution in [0.25, 0.3) is 0 Å². The van der Waals surface area contributed by atoms with Gasteiger partial charge in [0.15, 0.2) is 0 Å². The van der Waals surface area contributed by atoms with Gasteiger partial charge < -0.3 is 15.0 Å². The second-order valence-corrected chi connectivity index (χ2v) is 5.78. The van der Waals surface area contributed by atoms with Crippen LogP contribution in [0.1, 0.15) is 16.7 Å². The molecule has 0 atom stereocenters. The Labute approximate surface area is 142 Å². The van der Waals surface area contributed by atoms with E-state index in [9.17, 15) is 4.79 Å². The predicted octanol–water partition coefficient (Wildman–Crippen LogP) is 3.83. The Kier molecular flexibility index (Phi) is 6.44. The molecule has 5 heteroatoms. The maximum atomic E-state index is 12.2. The standard InChI is InChI=1S/C18H21ClN2O2/c1-21(12-14-7-9-17(19)10-8-14)18(22)20-11-15-5-3-4-6-16(15)13-23-2/h3-10H,11-13H2,1-2H3,(H,20,22). The summed E-state index contributed by atoms with van der Waals surface area (Å²) < 4.78 is 5.18. The van der Waals surface area contributed by atoms with Gasteiger partial charge in [-0.05, 0) is 28.8 Å². The molecule has 1 N–H and O–H groups in total. The summed E-state index contributed by atoms with van der Waals surface area (Å²) in [7, 11) is 3.43. The third-order valence-corrected chi connectivity index (χ3v) is 3.78. The largest absolute Gasteiger partial charge is 0.380 e. The molecule has 2 aromatic carbocycles. The first-order valence-electron chi connectivity index (χ1n) is 7.39. The highest BCUT2D eigenvalue weighted by molar-refractivity contribution is 6.30. The van der Waals surface area contributed by atoms with Gasteiger partial charge in [0.1, 0.15) is 0 Å². The molecule has 2 aromatic rings. The van der Waals surface area contributed by atoms with Crippen molar-refractivity contribution in [3.63, 3.8) is 0 Å². The Balaban J connectivity index is 1.90. The zero-order valence-corrected chi connectivity index (χ0v) is 14.1. The number of amides is 2. The number of hydrogen-bond acceptors (Lipinski definition) is 2. The Morgan fingerprint density at radius 1 is 1.13 bits per heavy atom. The van der Waals surface area contributed by atoms with Gasteiger partial charge in [0.2, 0.25) is 0 Å². The Morgan fingerprint density at radius 3 is 2.43 bits per heavy atom. The Hall–Kier alpha value is -2.04. The van der Waals surface area contributed by atoms with E-state index in [0.29, 0.717) is 24.7 Å². The van der Waals surface area contributed by atoms with E-state index in [1.807, 2.05) is 48.5 Å². The number of benzene rings is 2. The number of methoxy groups -OCH3 is 1. The first-order valence-corrected chi connectivity index (χ1v) is 7.77. The van der Waals surface area contributed by atoms with Gasteiger partial charge in [-0.3, -0.25) is 0 Å². The van der Waals surface area contributed by atoms with E-state index in [2.05, 4.69) is 5.32 Å². The zero-order chi connectivity index (χ0) is 16.7. The van der Waals surface area contributed by atoms with Crippen LogP contribution in [0, 0.1) is 0 Å². The molecule has 0 saturated heterocycles. The van der Waals surface area contributed by atoms with Crippen molar-refractivity contribution in [2.45, 2.75) is 19.7 Å². The number of urea groups is 1.